The summed E-state index contributed by atoms with van der Waals surface area (Å²) in [5.74, 6) is -0.494. The molecule has 9 nitrogen and oxygen atoms in total. The van der Waals surface area contributed by atoms with Gasteiger partial charge in [0.15, 0.2) is 5.69 Å². The zero-order chi connectivity index (χ0) is 23.8. The first-order chi connectivity index (χ1) is 16.4. The molecule has 9 heteroatoms. The minimum Gasteiger partial charge on any atom is -0.618 e. The summed E-state index contributed by atoms with van der Waals surface area (Å²) in [7, 11) is 0. The lowest BCUT2D eigenvalue weighted by atomic mass is 9.93. The van der Waals surface area contributed by atoms with E-state index < -0.39 is 5.91 Å². The summed E-state index contributed by atoms with van der Waals surface area (Å²) in [6.07, 6.45) is 8.50. The molecule has 2 N–H and O–H groups in total. The van der Waals surface area contributed by atoms with Gasteiger partial charge in [0.1, 0.15) is 0 Å². The van der Waals surface area contributed by atoms with Crippen molar-refractivity contribution in [3.8, 4) is 5.69 Å². The van der Waals surface area contributed by atoms with Gasteiger partial charge in [0.25, 0.3) is 5.69 Å². The van der Waals surface area contributed by atoms with Gasteiger partial charge in [-0.3, -0.25) is 9.48 Å². The number of carbonyl (C=O) groups excluding carboxylic acids is 1. The Morgan fingerprint density at radius 1 is 1.21 bits per heavy atom. The predicted molar refractivity (Wildman–Crippen MR) is 128 cm³/mol. The minimum atomic E-state index is -0.487. The molecule has 0 saturated heterocycles. The highest BCUT2D eigenvalue weighted by Crippen LogP contribution is 2.32. The van der Waals surface area contributed by atoms with Gasteiger partial charge in [-0.2, -0.15) is 14.9 Å². The molecule has 5 rings (SSSR count). The Balaban J connectivity index is 1.52. The number of fused-ring (bicyclic) bond motifs is 1. The highest BCUT2D eigenvalue weighted by molar-refractivity contribution is 6.04. The fourth-order valence-corrected chi connectivity index (χ4v) is 4.58. The van der Waals surface area contributed by atoms with Crippen molar-refractivity contribution < 1.29 is 14.6 Å². The molecule has 3 heterocycles. The lowest BCUT2D eigenvalue weighted by Gasteiger charge is -2.25. The molecule has 1 aliphatic rings. The van der Waals surface area contributed by atoms with Gasteiger partial charge in [-0.1, -0.05) is 13.8 Å². The number of aliphatic hydroxyl groups excluding tert-OH is 1. The van der Waals surface area contributed by atoms with Crippen LogP contribution in [0.3, 0.4) is 0 Å². The maximum absolute atomic E-state index is 13.1. The number of benzene rings is 1. The molecule has 4 aromatic rings. The van der Waals surface area contributed by atoms with E-state index in [-0.39, 0.29) is 23.8 Å². The Kier molecular flexibility index (Phi) is 5.79. The van der Waals surface area contributed by atoms with Crippen LogP contribution in [0.5, 0.6) is 0 Å². The third-order valence-corrected chi connectivity index (χ3v) is 6.48. The van der Waals surface area contributed by atoms with Crippen LogP contribution >= 0.6 is 0 Å². The summed E-state index contributed by atoms with van der Waals surface area (Å²) in [5, 5.41) is 35.5. The van der Waals surface area contributed by atoms with Crippen LogP contribution in [0.25, 0.3) is 16.6 Å². The quantitative estimate of drug-likeness (QED) is 0.348. The van der Waals surface area contributed by atoms with E-state index in [2.05, 4.69) is 10.4 Å². The molecule has 1 aromatic carbocycles. The van der Waals surface area contributed by atoms with Crippen molar-refractivity contribution in [1.82, 2.24) is 19.6 Å². The number of hydrogen-bond acceptors (Lipinski definition) is 5. The SMILES string of the molecule is CC(C)c1cccc(C(=O)Nc2cc3cn(C4CCC(O)CC4)nc3cc2-n2cccn2)[n+]1[O-]. The molecule has 0 spiro atoms. The normalized spacial score (nSPS) is 18.5. The number of carbonyl (C=O) groups is 1. The standard InChI is InChI=1S/C25H28N6O3/c1-16(2)22-5-3-6-23(31(22)34)25(33)27-21-13-17-15-30(18-7-9-19(32)10-8-18)28-20(17)14-24(21)29-12-4-11-26-29/h3-6,11-16,18-19,32H,7-10H2,1-2H3,(H,27,33). The van der Waals surface area contributed by atoms with E-state index >= 15 is 0 Å². The number of hydrogen-bond donors (Lipinski definition) is 2. The number of nitrogens with zero attached hydrogens (tertiary/aromatic N) is 5. The molecule has 0 atom stereocenters. The van der Waals surface area contributed by atoms with Crippen molar-refractivity contribution in [2.75, 3.05) is 5.32 Å². The molecule has 0 aliphatic heterocycles. The number of anilines is 1. The van der Waals surface area contributed by atoms with Crippen molar-refractivity contribution in [1.29, 1.82) is 0 Å². The van der Waals surface area contributed by atoms with Crippen LogP contribution in [0.2, 0.25) is 0 Å². The molecule has 34 heavy (non-hydrogen) atoms. The van der Waals surface area contributed by atoms with Gasteiger partial charge in [-0.15, -0.1) is 0 Å². The maximum atomic E-state index is 13.1. The topological polar surface area (TPSA) is 112 Å². The summed E-state index contributed by atoms with van der Waals surface area (Å²) >= 11 is 0. The van der Waals surface area contributed by atoms with Gasteiger partial charge < -0.3 is 15.6 Å². The Bertz CT molecular complexity index is 1320. The Hall–Kier alpha value is -3.72. The second kappa shape index (κ2) is 8.90. The van der Waals surface area contributed by atoms with Crippen LogP contribution in [0, 0.1) is 5.21 Å². The number of rotatable bonds is 5. The average molecular weight is 461 g/mol. The van der Waals surface area contributed by atoms with E-state index in [4.69, 9.17) is 5.10 Å². The van der Waals surface area contributed by atoms with E-state index in [1.165, 1.54) is 6.07 Å². The number of pyridine rings is 1. The maximum Gasteiger partial charge on any atom is 0.321 e. The third kappa shape index (κ3) is 4.14. The number of aromatic nitrogens is 5. The third-order valence-electron chi connectivity index (χ3n) is 6.48. The van der Waals surface area contributed by atoms with Crippen LogP contribution in [-0.2, 0) is 0 Å². The van der Waals surface area contributed by atoms with Gasteiger partial charge in [-0.25, -0.2) is 4.68 Å². The molecular weight excluding hydrogens is 432 g/mol. The van der Waals surface area contributed by atoms with Gasteiger partial charge in [0.2, 0.25) is 0 Å². The summed E-state index contributed by atoms with van der Waals surface area (Å²) in [5.41, 5.74) is 2.56. The van der Waals surface area contributed by atoms with Gasteiger partial charge in [0.05, 0.1) is 29.0 Å². The summed E-state index contributed by atoms with van der Waals surface area (Å²) in [6, 6.07) is 10.8. The van der Waals surface area contributed by atoms with Crippen LogP contribution < -0.4 is 10.0 Å². The minimum absolute atomic E-state index is 0.00651. The molecule has 0 unspecified atom stereocenters. The second-order valence-electron chi connectivity index (χ2n) is 9.19. The Morgan fingerprint density at radius 3 is 2.71 bits per heavy atom. The number of nitrogens with one attached hydrogen (secondary N) is 1. The molecule has 1 fully saturated rings. The van der Waals surface area contributed by atoms with Crippen LogP contribution in [0.1, 0.15) is 67.7 Å². The molecule has 0 bridgehead atoms. The van der Waals surface area contributed by atoms with Crippen LogP contribution in [0.15, 0.2) is 55.0 Å². The fraction of sp³-hybridized carbons (Fsp3) is 0.360. The fourth-order valence-electron chi connectivity index (χ4n) is 4.58. The van der Waals surface area contributed by atoms with E-state index in [1.807, 2.05) is 36.9 Å². The molecular formula is C25H28N6O3. The number of amides is 1. The van der Waals surface area contributed by atoms with Gasteiger partial charge >= 0.3 is 5.91 Å². The molecule has 3 aromatic heterocycles. The summed E-state index contributed by atoms with van der Waals surface area (Å²) < 4.78 is 4.33. The first kappa shape index (κ1) is 22.1. The number of aliphatic hydroxyl groups is 1. The lowest BCUT2D eigenvalue weighted by Crippen LogP contribution is -2.41. The van der Waals surface area contributed by atoms with E-state index in [1.54, 1.807) is 35.3 Å². The summed E-state index contributed by atoms with van der Waals surface area (Å²) in [6.45, 7) is 3.83. The zero-order valence-corrected chi connectivity index (χ0v) is 19.3. The highest BCUT2D eigenvalue weighted by Gasteiger charge is 2.24. The Morgan fingerprint density at radius 2 is 2.00 bits per heavy atom. The van der Waals surface area contributed by atoms with Crippen LogP contribution in [0.4, 0.5) is 5.69 Å². The van der Waals surface area contributed by atoms with E-state index in [0.29, 0.717) is 21.8 Å². The Labute approximate surface area is 197 Å². The molecule has 1 aliphatic carbocycles. The van der Waals surface area contributed by atoms with Crippen molar-refractivity contribution in [3.63, 3.8) is 0 Å². The van der Waals surface area contributed by atoms with Crippen molar-refractivity contribution in [3.05, 3.63) is 71.6 Å². The van der Waals surface area contributed by atoms with Gasteiger partial charge in [-0.05, 0) is 49.9 Å². The molecule has 0 radical (unpaired) electrons. The predicted octanol–water partition coefficient (Wildman–Crippen LogP) is 3.71. The van der Waals surface area contributed by atoms with Crippen molar-refractivity contribution in [2.45, 2.75) is 57.6 Å². The molecule has 176 valence electrons. The van der Waals surface area contributed by atoms with Crippen molar-refractivity contribution in [2.24, 2.45) is 0 Å². The lowest BCUT2D eigenvalue weighted by molar-refractivity contribution is -0.617. The largest absolute Gasteiger partial charge is 0.618 e. The van der Waals surface area contributed by atoms with E-state index in [9.17, 15) is 15.1 Å². The van der Waals surface area contributed by atoms with Crippen molar-refractivity contribution >= 4 is 22.5 Å². The van der Waals surface area contributed by atoms with Gasteiger partial charge in [0, 0.05) is 42.0 Å². The first-order valence-electron chi connectivity index (χ1n) is 11.7. The second-order valence-corrected chi connectivity index (χ2v) is 9.19. The summed E-state index contributed by atoms with van der Waals surface area (Å²) in [4.78, 5) is 13.1. The van der Waals surface area contributed by atoms with Crippen LogP contribution in [-0.4, -0.2) is 36.7 Å². The molecule has 1 amide bonds. The zero-order valence-electron chi connectivity index (χ0n) is 19.3. The smallest absolute Gasteiger partial charge is 0.321 e. The average Bonchev–Trinajstić information content (AvgIpc) is 3.48. The highest BCUT2D eigenvalue weighted by atomic mass is 16.5. The monoisotopic (exact) mass is 460 g/mol. The molecule has 1 saturated carbocycles. The van der Waals surface area contributed by atoms with E-state index in [0.717, 1.165) is 36.6 Å². The first-order valence-corrected chi connectivity index (χ1v) is 11.7.